The molecule has 208 valence electrons. The number of hydrogen-bond acceptors (Lipinski definition) is 7. The minimum absolute atomic E-state index is 0.103. The maximum atomic E-state index is 14.6. The number of aromatic nitrogens is 6. The highest BCUT2D eigenvalue weighted by molar-refractivity contribution is 7.89. The molecule has 0 saturated heterocycles. The second kappa shape index (κ2) is 10.5. The quantitative estimate of drug-likeness (QED) is 0.248. The molecule has 0 aliphatic carbocycles. The molecular weight excluding hydrogens is 543 g/mol. The van der Waals surface area contributed by atoms with Gasteiger partial charge in [-0.05, 0) is 73.6 Å². The third-order valence-electron chi connectivity index (χ3n) is 6.68. The maximum Gasteiger partial charge on any atom is 0.209 e. The number of hydrogen-bond donors (Lipinski definition) is 3. The van der Waals surface area contributed by atoms with Gasteiger partial charge in [-0.25, -0.2) is 27.9 Å². The summed E-state index contributed by atoms with van der Waals surface area (Å²) < 4.78 is 37.4. The molecule has 6 aromatic rings. The monoisotopic (exact) mass is 570 g/mol. The molecule has 10 nitrogen and oxygen atoms in total. The molecule has 0 fully saturated rings. The molecule has 0 amide bonds. The lowest BCUT2D eigenvalue weighted by molar-refractivity contribution is 0.402. The summed E-state index contributed by atoms with van der Waals surface area (Å²) in [5.74, 6) is -0.239. The first-order valence-electron chi connectivity index (χ1n) is 12.9. The minimum atomic E-state index is -3.68. The molecule has 0 aliphatic heterocycles. The highest BCUT2D eigenvalue weighted by Crippen LogP contribution is 2.32. The van der Waals surface area contributed by atoms with Crippen LogP contribution in [0.2, 0.25) is 0 Å². The van der Waals surface area contributed by atoms with Crippen molar-refractivity contribution < 1.29 is 12.8 Å². The van der Waals surface area contributed by atoms with E-state index in [2.05, 4.69) is 31.1 Å². The van der Waals surface area contributed by atoms with Crippen LogP contribution in [0.4, 0.5) is 4.39 Å². The van der Waals surface area contributed by atoms with E-state index < -0.39 is 15.8 Å². The third-order valence-corrected chi connectivity index (χ3v) is 7.45. The molecule has 2 aromatic carbocycles. The molecule has 6 rings (SSSR count). The Kier molecular flexibility index (Phi) is 6.81. The summed E-state index contributed by atoms with van der Waals surface area (Å²) in [6.07, 6.45) is 3.74. The molecule has 0 radical (unpaired) electrons. The summed E-state index contributed by atoms with van der Waals surface area (Å²) in [6.45, 7) is 0.764. The first-order chi connectivity index (χ1) is 19.6. The number of primary sulfonamides is 1. The van der Waals surface area contributed by atoms with Gasteiger partial charge in [0, 0.05) is 30.1 Å². The number of halogens is 1. The Balaban J connectivity index is 1.40. The lowest BCUT2D eigenvalue weighted by atomic mass is 10.0. The largest absolute Gasteiger partial charge is 0.336 e. The van der Waals surface area contributed by atoms with Gasteiger partial charge in [0.25, 0.3) is 0 Å². The van der Waals surface area contributed by atoms with Gasteiger partial charge in [0.15, 0.2) is 11.5 Å². The van der Waals surface area contributed by atoms with Crippen molar-refractivity contribution in [1.29, 1.82) is 0 Å². The fraction of sp³-hybridized carbons (Fsp3) is 0.172. The first-order valence-corrected chi connectivity index (χ1v) is 14.6. The Bertz CT molecular complexity index is 2020. The first kappa shape index (κ1) is 26.7. The van der Waals surface area contributed by atoms with Gasteiger partial charge < -0.3 is 9.88 Å². The van der Waals surface area contributed by atoms with Crippen LogP contribution >= 0.6 is 0 Å². The van der Waals surface area contributed by atoms with E-state index >= 15 is 0 Å². The second-order valence-electron chi connectivity index (χ2n) is 10.2. The molecule has 0 unspecified atom stereocenters. The van der Waals surface area contributed by atoms with Gasteiger partial charge in [-0.15, -0.1) is 0 Å². The number of aromatic amines is 2. The van der Waals surface area contributed by atoms with Crippen LogP contribution in [-0.2, 0) is 23.0 Å². The molecule has 0 bridgehead atoms. The van der Waals surface area contributed by atoms with Crippen molar-refractivity contribution in [2.24, 2.45) is 5.14 Å². The fourth-order valence-electron chi connectivity index (χ4n) is 4.89. The summed E-state index contributed by atoms with van der Waals surface area (Å²) in [5, 5.41) is 12.7. The number of fused-ring (bicyclic) bond motifs is 2. The SMILES string of the molecule is CN(C)Cc1cncc(-c2ccc3[nH]nc(-c4nc5c(-c6cc(F)cc(CCS(N)(=O)=O)c6)cccc5[nH]4)c3n2)c1. The molecule has 0 spiro atoms. The second-order valence-corrected chi connectivity index (χ2v) is 12.0. The van der Waals surface area contributed by atoms with E-state index in [1.54, 1.807) is 12.3 Å². The van der Waals surface area contributed by atoms with Crippen LogP contribution in [0.1, 0.15) is 11.1 Å². The molecule has 0 atom stereocenters. The number of aryl methyl sites for hydroxylation is 1. The summed E-state index contributed by atoms with van der Waals surface area (Å²) in [6, 6.07) is 16.0. The van der Waals surface area contributed by atoms with E-state index in [-0.39, 0.29) is 12.2 Å². The van der Waals surface area contributed by atoms with Crippen LogP contribution in [-0.4, -0.2) is 63.3 Å². The number of sulfonamides is 1. The summed E-state index contributed by atoms with van der Waals surface area (Å²) in [4.78, 5) is 19.5. The van der Waals surface area contributed by atoms with Crippen LogP contribution < -0.4 is 5.14 Å². The normalized spacial score (nSPS) is 12.1. The predicted molar refractivity (Wildman–Crippen MR) is 157 cm³/mol. The van der Waals surface area contributed by atoms with Gasteiger partial charge >= 0.3 is 0 Å². The Morgan fingerprint density at radius 2 is 1.76 bits per heavy atom. The van der Waals surface area contributed by atoms with Crippen LogP contribution in [0.5, 0.6) is 0 Å². The molecule has 0 aliphatic rings. The number of rotatable bonds is 8. The van der Waals surface area contributed by atoms with Crippen LogP contribution in [0.3, 0.4) is 0 Å². The molecule has 0 saturated carbocycles. The van der Waals surface area contributed by atoms with Gasteiger partial charge in [-0.3, -0.25) is 10.1 Å². The van der Waals surface area contributed by atoms with Gasteiger partial charge in [0.05, 0.1) is 28.0 Å². The predicted octanol–water partition coefficient (Wildman–Crippen LogP) is 4.26. The number of para-hydroxylation sites is 1. The van der Waals surface area contributed by atoms with Gasteiger partial charge in [0.2, 0.25) is 10.0 Å². The fourth-order valence-corrected chi connectivity index (χ4v) is 5.41. The van der Waals surface area contributed by atoms with Crippen molar-refractivity contribution in [3.05, 3.63) is 83.9 Å². The van der Waals surface area contributed by atoms with Crippen molar-refractivity contribution >= 4 is 32.1 Å². The van der Waals surface area contributed by atoms with E-state index in [1.165, 1.54) is 12.1 Å². The number of nitrogens with two attached hydrogens (primary N) is 1. The Hall–Kier alpha value is -4.52. The molecule has 4 heterocycles. The molecule has 4 aromatic heterocycles. The number of H-pyrrole nitrogens is 2. The third kappa shape index (κ3) is 5.71. The zero-order valence-corrected chi connectivity index (χ0v) is 23.2. The lowest BCUT2D eigenvalue weighted by Crippen LogP contribution is -2.18. The molecule has 4 N–H and O–H groups in total. The highest BCUT2D eigenvalue weighted by Gasteiger charge is 2.18. The average Bonchev–Trinajstić information content (AvgIpc) is 3.54. The summed E-state index contributed by atoms with van der Waals surface area (Å²) >= 11 is 0. The number of pyridine rings is 2. The lowest BCUT2D eigenvalue weighted by Gasteiger charge is -2.10. The van der Waals surface area contributed by atoms with E-state index in [0.29, 0.717) is 39.2 Å². The van der Waals surface area contributed by atoms with E-state index in [9.17, 15) is 12.8 Å². The number of imidazole rings is 1. The zero-order valence-electron chi connectivity index (χ0n) is 22.4. The van der Waals surface area contributed by atoms with E-state index in [4.69, 9.17) is 15.1 Å². The van der Waals surface area contributed by atoms with E-state index in [1.807, 2.05) is 50.6 Å². The standard InChI is InChI=1S/C29H27FN8O2S/c1-38(2)16-18-11-20(15-32-14-18)23-6-7-25-27(33-23)28(37-36-25)29-34-24-5-3-4-22(26(24)35-29)19-10-17(12-21(30)13-19)8-9-41(31,39)40/h3-7,10-15H,8-9,16H2,1-2H3,(H,34,35)(H,36,37)(H2,31,39,40). The summed E-state index contributed by atoms with van der Waals surface area (Å²) in [7, 11) is 0.342. The Morgan fingerprint density at radius 1 is 0.927 bits per heavy atom. The van der Waals surface area contributed by atoms with Crippen molar-refractivity contribution in [3.8, 4) is 33.9 Å². The maximum absolute atomic E-state index is 14.6. The summed E-state index contributed by atoms with van der Waals surface area (Å²) in [5.41, 5.74) is 7.86. The Morgan fingerprint density at radius 3 is 2.56 bits per heavy atom. The zero-order chi connectivity index (χ0) is 28.7. The van der Waals surface area contributed by atoms with Gasteiger partial charge in [0.1, 0.15) is 11.3 Å². The number of nitrogens with zero attached hydrogens (tertiary/aromatic N) is 5. The van der Waals surface area contributed by atoms with Crippen molar-refractivity contribution in [2.75, 3.05) is 19.8 Å². The van der Waals surface area contributed by atoms with Gasteiger partial charge in [-0.1, -0.05) is 18.2 Å². The van der Waals surface area contributed by atoms with Crippen LogP contribution in [0.15, 0.2) is 67.0 Å². The molecule has 12 heteroatoms. The highest BCUT2D eigenvalue weighted by atomic mass is 32.2. The molecular formula is C29H27FN8O2S. The number of benzene rings is 2. The minimum Gasteiger partial charge on any atom is -0.336 e. The van der Waals surface area contributed by atoms with Crippen molar-refractivity contribution in [3.63, 3.8) is 0 Å². The Labute approximate surface area is 235 Å². The average molecular weight is 571 g/mol. The van der Waals surface area contributed by atoms with E-state index in [0.717, 1.165) is 34.4 Å². The van der Waals surface area contributed by atoms with Crippen molar-refractivity contribution in [2.45, 2.75) is 13.0 Å². The topological polar surface area (TPSA) is 147 Å². The smallest absolute Gasteiger partial charge is 0.209 e. The number of nitrogens with one attached hydrogen (secondary N) is 2. The molecule has 41 heavy (non-hydrogen) atoms. The van der Waals surface area contributed by atoms with Crippen LogP contribution in [0, 0.1) is 5.82 Å². The van der Waals surface area contributed by atoms with Crippen LogP contribution in [0.25, 0.3) is 56.0 Å². The van der Waals surface area contributed by atoms with Crippen molar-refractivity contribution in [1.82, 2.24) is 35.0 Å². The van der Waals surface area contributed by atoms with Gasteiger partial charge in [-0.2, -0.15) is 5.10 Å².